The highest BCUT2D eigenvalue weighted by Crippen LogP contribution is 2.25. The Kier molecular flexibility index (Phi) is 2.12. The molecular formula is C10H10N2O2S. The Hall–Kier alpha value is -1.62. The second-order valence-corrected chi connectivity index (χ2v) is 5.31. The van der Waals surface area contributed by atoms with Crippen molar-refractivity contribution in [2.75, 3.05) is 12.0 Å². The van der Waals surface area contributed by atoms with Crippen molar-refractivity contribution < 1.29 is 8.42 Å². The van der Waals surface area contributed by atoms with Gasteiger partial charge < -0.3 is 5.73 Å². The Bertz CT molecular complexity index is 620. The van der Waals surface area contributed by atoms with Crippen molar-refractivity contribution in [2.24, 2.45) is 0 Å². The minimum atomic E-state index is -3.26. The zero-order valence-electron chi connectivity index (χ0n) is 8.14. The lowest BCUT2D eigenvalue weighted by atomic mass is 10.2. The van der Waals surface area contributed by atoms with Gasteiger partial charge in [-0.3, -0.25) is 4.98 Å². The summed E-state index contributed by atoms with van der Waals surface area (Å²) in [6, 6.07) is 6.55. The van der Waals surface area contributed by atoms with Crippen molar-refractivity contribution >= 4 is 26.4 Å². The Balaban J connectivity index is 2.96. The van der Waals surface area contributed by atoms with Crippen molar-refractivity contribution in [2.45, 2.75) is 4.90 Å². The predicted octanol–water partition coefficient (Wildman–Crippen LogP) is 1.22. The Morgan fingerprint density at radius 3 is 2.67 bits per heavy atom. The number of hydrogen-bond donors (Lipinski definition) is 1. The van der Waals surface area contributed by atoms with Crippen LogP contribution in [0.5, 0.6) is 0 Å². The summed E-state index contributed by atoms with van der Waals surface area (Å²) in [5.74, 6) is 0. The minimum absolute atomic E-state index is 0.215. The lowest BCUT2D eigenvalue weighted by Crippen LogP contribution is -2.00. The first-order valence-corrected chi connectivity index (χ1v) is 6.22. The molecule has 15 heavy (non-hydrogen) atoms. The highest BCUT2D eigenvalue weighted by molar-refractivity contribution is 7.91. The summed E-state index contributed by atoms with van der Waals surface area (Å²) < 4.78 is 23.0. The fourth-order valence-electron chi connectivity index (χ4n) is 1.47. The summed E-state index contributed by atoms with van der Waals surface area (Å²) in [5, 5.41) is 0.667. The Labute approximate surface area is 87.7 Å². The molecule has 1 aromatic heterocycles. The third-order valence-electron chi connectivity index (χ3n) is 2.17. The molecule has 0 amide bonds. The summed E-state index contributed by atoms with van der Waals surface area (Å²) in [5.41, 5.74) is 6.70. The molecule has 2 N–H and O–H groups in total. The van der Waals surface area contributed by atoms with E-state index in [0.717, 1.165) is 6.26 Å². The van der Waals surface area contributed by atoms with Crippen molar-refractivity contribution in [3.63, 3.8) is 0 Å². The van der Waals surface area contributed by atoms with Gasteiger partial charge in [-0.25, -0.2) is 8.42 Å². The van der Waals surface area contributed by atoms with Gasteiger partial charge in [-0.2, -0.15) is 0 Å². The number of nitrogens with zero attached hydrogens (tertiary/aromatic N) is 1. The Morgan fingerprint density at radius 1 is 1.27 bits per heavy atom. The molecule has 0 unspecified atom stereocenters. The molecule has 0 aliphatic heterocycles. The molecule has 0 fully saturated rings. The molecule has 0 aliphatic carbocycles. The van der Waals surface area contributed by atoms with Gasteiger partial charge in [0.05, 0.1) is 10.4 Å². The first-order valence-electron chi connectivity index (χ1n) is 4.33. The van der Waals surface area contributed by atoms with Crippen LogP contribution in [0, 0.1) is 0 Å². The second kappa shape index (κ2) is 3.20. The van der Waals surface area contributed by atoms with Gasteiger partial charge >= 0.3 is 0 Å². The molecular weight excluding hydrogens is 212 g/mol. The van der Waals surface area contributed by atoms with Crippen LogP contribution in [-0.2, 0) is 9.84 Å². The largest absolute Gasteiger partial charge is 0.398 e. The van der Waals surface area contributed by atoms with Crippen molar-refractivity contribution in [1.82, 2.24) is 4.98 Å². The van der Waals surface area contributed by atoms with Gasteiger partial charge in [-0.1, -0.05) is 0 Å². The van der Waals surface area contributed by atoms with E-state index in [1.165, 1.54) is 6.07 Å². The van der Waals surface area contributed by atoms with Crippen molar-refractivity contribution in [3.05, 3.63) is 30.5 Å². The van der Waals surface area contributed by atoms with Crippen LogP contribution in [0.2, 0.25) is 0 Å². The van der Waals surface area contributed by atoms with Crippen LogP contribution >= 0.6 is 0 Å². The number of rotatable bonds is 1. The molecule has 0 bridgehead atoms. The highest BCUT2D eigenvalue weighted by atomic mass is 32.2. The summed E-state index contributed by atoms with van der Waals surface area (Å²) in [6.07, 6.45) is 2.71. The lowest BCUT2D eigenvalue weighted by molar-refractivity contribution is 0.602. The van der Waals surface area contributed by atoms with Crippen LogP contribution < -0.4 is 5.73 Å². The standard InChI is InChI=1S/C10H10N2O2S/c1-15(13,14)9-5-4-8(11)7-3-2-6-12-10(7)9/h2-6H,11H2,1H3. The third kappa shape index (κ3) is 1.66. The normalized spacial score (nSPS) is 11.8. The zero-order valence-corrected chi connectivity index (χ0v) is 8.95. The van der Waals surface area contributed by atoms with E-state index in [4.69, 9.17) is 5.73 Å². The number of nitrogen functional groups attached to an aromatic ring is 1. The van der Waals surface area contributed by atoms with Crippen LogP contribution in [0.4, 0.5) is 5.69 Å². The molecule has 5 heteroatoms. The molecule has 0 saturated carbocycles. The van der Waals surface area contributed by atoms with E-state index < -0.39 is 9.84 Å². The van der Waals surface area contributed by atoms with Gasteiger partial charge in [-0.05, 0) is 24.3 Å². The minimum Gasteiger partial charge on any atom is -0.398 e. The highest BCUT2D eigenvalue weighted by Gasteiger charge is 2.13. The molecule has 4 nitrogen and oxygen atoms in total. The fraction of sp³-hybridized carbons (Fsp3) is 0.100. The number of benzene rings is 1. The predicted molar refractivity (Wildman–Crippen MR) is 59.3 cm³/mol. The SMILES string of the molecule is CS(=O)(=O)c1ccc(N)c2cccnc12. The molecule has 1 heterocycles. The van der Waals surface area contributed by atoms with Gasteiger partial charge in [0.15, 0.2) is 9.84 Å². The molecule has 0 saturated heterocycles. The summed E-state index contributed by atoms with van der Waals surface area (Å²) in [6.45, 7) is 0. The van der Waals surface area contributed by atoms with Gasteiger partial charge in [0.25, 0.3) is 0 Å². The summed E-state index contributed by atoms with van der Waals surface area (Å²) in [4.78, 5) is 4.26. The van der Waals surface area contributed by atoms with Gasteiger partial charge in [0.2, 0.25) is 0 Å². The monoisotopic (exact) mass is 222 g/mol. The van der Waals surface area contributed by atoms with Gasteiger partial charge in [-0.15, -0.1) is 0 Å². The van der Waals surface area contributed by atoms with Crippen LogP contribution in [0.25, 0.3) is 10.9 Å². The van der Waals surface area contributed by atoms with Crippen molar-refractivity contribution in [1.29, 1.82) is 0 Å². The van der Waals surface area contributed by atoms with Crippen LogP contribution in [0.3, 0.4) is 0 Å². The van der Waals surface area contributed by atoms with Crippen LogP contribution in [0.1, 0.15) is 0 Å². The van der Waals surface area contributed by atoms with Gasteiger partial charge in [0.1, 0.15) is 0 Å². The smallest absolute Gasteiger partial charge is 0.177 e. The number of hydrogen-bond acceptors (Lipinski definition) is 4. The first-order chi connectivity index (χ1) is 7.00. The van der Waals surface area contributed by atoms with E-state index in [9.17, 15) is 8.42 Å². The van der Waals surface area contributed by atoms with E-state index in [1.807, 2.05) is 0 Å². The quantitative estimate of drug-likeness (QED) is 0.736. The van der Waals surface area contributed by atoms with E-state index in [0.29, 0.717) is 16.6 Å². The maximum atomic E-state index is 11.5. The van der Waals surface area contributed by atoms with Crippen LogP contribution in [0.15, 0.2) is 35.4 Å². The molecule has 1 aromatic carbocycles. The molecule has 2 rings (SSSR count). The number of pyridine rings is 1. The second-order valence-electron chi connectivity index (χ2n) is 3.32. The van der Waals surface area contributed by atoms with E-state index >= 15 is 0 Å². The fourth-order valence-corrected chi connectivity index (χ4v) is 2.30. The van der Waals surface area contributed by atoms with Gasteiger partial charge in [0, 0.05) is 23.5 Å². The molecule has 78 valence electrons. The lowest BCUT2D eigenvalue weighted by Gasteiger charge is -2.05. The first kappa shape index (κ1) is 9.92. The molecule has 0 spiro atoms. The number of aromatic nitrogens is 1. The Morgan fingerprint density at radius 2 is 2.00 bits per heavy atom. The maximum absolute atomic E-state index is 11.5. The van der Waals surface area contributed by atoms with E-state index in [-0.39, 0.29) is 4.90 Å². The number of sulfone groups is 1. The topological polar surface area (TPSA) is 73.0 Å². The molecule has 0 atom stereocenters. The average Bonchev–Trinajstić information content (AvgIpc) is 2.17. The van der Waals surface area contributed by atoms with Crippen molar-refractivity contribution in [3.8, 4) is 0 Å². The number of fused-ring (bicyclic) bond motifs is 1. The summed E-state index contributed by atoms with van der Waals surface area (Å²) >= 11 is 0. The zero-order chi connectivity index (χ0) is 11.1. The average molecular weight is 222 g/mol. The van der Waals surface area contributed by atoms with Crippen LogP contribution in [-0.4, -0.2) is 19.7 Å². The van der Waals surface area contributed by atoms with E-state index in [1.54, 1.807) is 24.4 Å². The number of anilines is 1. The molecule has 0 aliphatic rings. The number of nitrogens with two attached hydrogens (primary N) is 1. The summed E-state index contributed by atoms with van der Waals surface area (Å²) in [7, 11) is -3.26. The maximum Gasteiger partial charge on any atom is 0.177 e. The van der Waals surface area contributed by atoms with E-state index in [2.05, 4.69) is 4.98 Å². The molecule has 0 radical (unpaired) electrons. The third-order valence-corrected chi connectivity index (χ3v) is 3.29. The molecule has 2 aromatic rings.